The first kappa shape index (κ1) is 16.8. The molecule has 1 aliphatic rings. The Hall–Kier alpha value is -2.08. The van der Waals surface area contributed by atoms with E-state index in [9.17, 15) is 9.18 Å². The third-order valence-electron chi connectivity index (χ3n) is 3.80. The van der Waals surface area contributed by atoms with E-state index in [0.29, 0.717) is 17.9 Å². The number of benzene rings is 1. The first-order chi connectivity index (χ1) is 11.7. The molecular formula is C18H19FN2O2S. The van der Waals surface area contributed by atoms with Crippen molar-refractivity contribution in [1.82, 2.24) is 9.88 Å². The third kappa shape index (κ3) is 4.26. The van der Waals surface area contributed by atoms with E-state index < -0.39 is 0 Å². The standard InChI is InChI=1S/C18H19FN2O2S/c19-15-5-1-2-6-16(15)23-11-12-24-17-8-7-14(13-20-17)18(22)21-9-3-4-10-21/h1-2,5-8,13H,3-4,9-12H2. The number of halogens is 1. The van der Waals surface area contributed by atoms with Crippen molar-refractivity contribution in [3.05, 3.63) is 54.0 Å². The summed E-state index contributed by atoms with van der Waals surface area (Å²) in [6.07, 6.45) is 3.78. The molecule has 1 aromatic heterocycles. The predicted molar refractivity (Wildman–Crippen MR) is 92.0 cm³/mol. The molecule has 126 valence electrons. The largest absolute Gasteiger partial charge is 0.490 e. The van der Waals surface area contributed by atoms with Gasteiger partial charge in [0.1, 0.15) is 0 Å². The van der Waals surface area contributed by atoms with Crippen molar-refractivity contribution in [1.29, 1.82) is 0 Å². The van der Waals surface area contributed by atoms with E-state index in [1.165, 1.54) is 17.8 Å². The normalized spacial score (nSPS) is 14.0. The van der Waals surface area contributed by atoms with Gasteiger partial charge in [0, 0.05) is 25.0 Å². The fourth-order valence-electron chi connectivity index (χ4n) is 2.55. The highest BCUT2D eigenvalue weighted by molar-refractivity contribution is 7.99. The summed E-state index contributed by atoms with van der Waals surface area (Å²) < 4.78 is 18.8. The molecule has 2 heterocycles. The smallest absolute Gasteiger partial charge is 0.255 e. The molecule has 0 aliphatic carbocycles. The second kappa shape index (κ2) is 8.15. The van der Waals surface area contributed by atoms with Crippen LogP contribution in [0.1, 0.15) is 23.2 Å². The number of pyridine rings is 1. The van der Waals surface area contributed by atoms with Crippen LogP contribution in [0.4, 0.5) is 4.39 Å². The van der Waals surface area contributed by atoms with Gasteiger partial charge in [-0.2, -0.15) is 0 Å². The Kier molecular flexibility index (Phi) is 5.69. The van der Waals surface area contributed by atoms with Crippen molar-refractivity contribution in [2.75, 3.05) is 25.4 Å². The van der Waals surface area contributed by atoms with Gasteiger partial charge < -0.3 is 9.64 Å². The summed E-state index contributed by atoms with van der Waals surface area (Å²) in [4.78, 5) is 18.4. The number of rotatable bonds is 6. The van der Waals surface area contributed by atoms with Gasteiger partial charge in [-0.25, -0.2) is 9.37 Å². The second-order valence-corrected chi connectivity index (χ2v) is 6.63. The van der Waals surface area contributed by atoms with Crippen LogP contribution in [0.25, 0.3) is 0 Å². The minimum absolute atomic E-state index is 0.0550. The number of ether oxygens (including phenoxy) is 1. The summed E-state index contributed by atoms with van der Waals surface area (Å²) in [5.74, 6) is 0.614. The fraction of sp³-hybridized carbons (Fsp3) is 0.333. The average molecular weight is 346 g/mol. The van der Waals surface area contributed by atoms with E-state index in [4.69, 9.17) is 4.74 Å². The van der Waals surface area contributed by atoms with E-state index in [-0.39, 0.29) is 17.5 Å². The van der Waals surface area contributed by atoms with Gasteiger partial charge in [-0.1, -0.05) is 12.1 Å². The molecule has 1 amide bonds. The van der Waals surface area contributed by atoms with Crippen molar-refractivity contribution in [2.45, 2.75) is 17.9 Å². The number of nitrogens with zero attached hydrogens (tertiary/aromatic N) is 2. The van der Waals surface area contributed by atoms with Gasteiger partial charge in [-0.05, 0) is 37.1 Å². The Labute approximate surface area is 145 Å². The molecule has 2 aromatic rings. The van der Waals surface area contributed by atoms with E-state index >= 15 is 0 Å². The van der Waals surface area contributed by atoms with Gasteiger partial charge in [0.05, 0.1) is 17.2 Å². The SMILES string of the molecule is O=C(c1ccc(SCCOc2ccccc2F)nc1)N1CCCC1. The second-order valence-electron chi connectivity index (χ2n) is 5.51. The number of amides is 1. The summed E-state index contributed by atoms with van der Waals surface area (Å²) in [6.45, 7) is 2.06. The number of hydrogen-bond donors (Lipinski definition) is 0. The van der Waals surface area contributed by atoms with Gasteiger partial charge >= 0.3 is 0 Å². The molecule has 6 heteroatoms. The minimum atomic E-state index is -0.356. The molecule has 0 atom stereocenters. The lowest BCUT2D eigenvalue weighted by Gasteiger charge is -2.14. The molecule has 4 nitrogen and oxygen atoms in total. The van der Waals surface area contributed by atoms with Gasteiger partial charge in [0.15, 0.2) is 11.6 Å². The van der Waals surface area contributed by atoms with Crippen molar-refractivity contribution >= 4 is 17.7 Å². The molecule has 0 N–H and O–H groups in total. The van der Waals surface area contributed by atoms with E-state index in [0.717, 1.165) is 31.0 Å². The zero-order valence-electron chi connectivity index (χ0n) is 13.3. The Balaban J connectivity index is 1.46. The first-order valence-corrected chi connectivity index (χ1v) is 8.98. The number of carbonyl (C=O) groups excluding carboxylic acids is 1. The molecule has 0 unspecified atom stereocenters. The van der Waals surface area contributed by atoms with Crippen molar-refractivity contribution < 1.29 is 13.9 Å². The lowest BCUT2D eigenvalue weighted by atomic mass is 10.2. The Morgan fingerprint density at radius 1 is 1.21 bits per heavy atom. The van der Waals surface area contributed by atoms with Crippen LogP contribution in [0.2, 0.25) is 0 Å². The Morgan fingerprint density at radius 2 is 2.00 bits per heavy atom. The topological polar surface area (TPSA) is 42.4 Å². The maximum atomic E-state index is 13.4. The fourth-order valence-corrected chi connectivity index (χ4v) is 3.22. The molecule has 1 saturated heterocycles. The highest BCUT2D eigenvalue weighted by Crippen LogP contribution is 2.19. The monoisotopic (exact) mass is 346 g/mol. The highest BCUT2D eigenvalue weighted by atomic mass is 32.2. The lowest BCUT2D eigenvalue weighted by Crippen LogP contribution is -2.27. The van der Waals surface area contributed by atoms with Crippen molar-refractivity contribution in [3.8, 4) is 5.75 Å². The molecule has 24 heavy (non-hydrogen) atoms. The third-order valence-corrected chi connectivity index (χ3v) is 4.71. The predicted octanol–water partition coefficient (Wildman–Crippen LogP) is 3.63. The van der Waals surface area contributed by atoms with E-state index in [1.54, 1.807) is 24.4 Å². The maximum absolute atomic E-state index is 13.4. The zero-order chi connectivity index (χ0) is 16.8. The van der Waals surface area contributed by atoms with Gasteiger partial charge in [-0.3, -0.25) is 4.79 Å². The van der Waals surface area contributed by atoms with Gasteiger partial charge in [-0.15, -0.1) is 11.8 Å². The number of likely N-dealkylation sites (tertiary alicyclic amines) is 1. The highest BCUT2D eigenvalue weighted by Gasteiger charge is 2.19. The Bertz CT molecular complexity index is 688. The minimum Gasteiger partial charge on any atom is -0.490 e. The number of para-hydroxylation sites is 1. The maximum Gasteiger partial charge on any atom is 0.255 e. The molecule has 3 rings (SSSR count). The average Bonchev–Trinajstić information content (AvgIpc) is 3.15. The summed E-state index contributed by atoms with van der Waals surface area (Å²) in [5.41, 5.74) is 0.629. The molecule has 1 aromatic carbocycles. The number of thioether (sulfide) groups is 1. The molecule has 0 saturated carbocycles. The van der Waals surface area contributed by atoms with Crippen LogP contribution in [0.3, 0.4) is 0 Å². The summed E-state index contributed by atoms with van der Waals surface area (Å²) in [6, 6.07) is 10.0. The van der Waals surface area contributed by atoms with Crippen molar-refractivity contribution in [3.63, 3.8) is 0 Å². The summed E-state index contributed by atoms with van der Waals surface area (Å²) in [7, 11) is 0. The molecule has 0 radical (unpaired) electrons. The molecule has 0 bridgehead atoms. The van der Waals surface area contributed by atoms with Crippen LogP contribution in [0.15, 0.2) is 47.6 Å². The quantitative estimate of drug-likeness (QED) is 0.592. The number of hydrogen-bond acceptors (Lipinski definition) is 4. The van der Waals surface area contributed by atoms with Crippen LogP contribution in [0.5, 0.6) is 5.75 Å². The van der Waals surface area contributed by atoms with Crippen LogP contribution in [-0.2, 0) is 0 Å². The lowest BCUT2D eigenvalue weighted by molar-refractivity contribution is 0.0792. The summed E-state index contributed by atoms with van der Waals surface area (Å²) in [5, 5.41) is 0.824. The van der Waals surface area contributed by atoms with Crippen molar-refractivity contribution in [2.24, 2.45) is 0 Å². The van der Waals surface area contributed by atoms with Gasteiger partial charge in [0.25, 0.3) is 5.91 Å². The van der Waals surface area contributed by atoms with E-state index in [1.807, 2.05) is 17.0 Å². The van der Waals surface area contributed by atoms with Crippen LogP contribution in [-0.4, -0.2) is 41.2 Å². The van der Waals surface area contributed by atoms with E-state index in [2.05, 4.69) is 4.98 Å². The van der Waals surface area contributed by atoms with Gasteiger partial charge in [0.2, 0.25) is 0 Å². The summed E-state index contributed by atoms with van der Waals surface area (Å²) >= 11 is 1.51. The first-order valence-electron chi connectivity index (χ1n) is 7.99. The number of aromatic nitrogens is 1. The molecule has 0 spiro atoms. The van der Waals surface area contributed by atoms with Crippen LogP contribution in [0, 0.1) is 5.82 Å². The number of carbonyl (C=O) groups is 1. The molecule has 1 fully saturated rings. The molecule has 1 aliphatic heterocycles. The Morgan fingerprint density at radius 3 is 2.71 bits per heavy atom. The molecular weight excluding hydrogens is 327 g/mol. The van der Waals surface area contributed by atoms with Crippen LogP contribution < -0.4 is 4.74 Å². The van der Waals surface area contributed by atoms with Crippen LogP contribution >= 0.6 is 11.8 Å². The zero-order valence-corrected chi connectivity index (χ0v) is 14.1.